The van der Waals surface area contributed by atoms with Gasteiger partial charge in [-0.25, -0.2) is 0 Å². The molecule has 2 rings (SSSR count). The summed E-state index contributed by atoms with van der Waals surface area (Å²) in [5.41, 5.74) is 9.63. The number of azide groups is 1. The molecule has 13 heavy (non-hydrogen) atoms. The van der Waals surface area contributed by atoms with Gasteiger partial charge in [0, 0.05) is 16.2 Å². The minimum atomic E-state index is -0.669. The van der Waals surface area contributed by atoms with Crippen LogP contribution in [0.25, 0.3) is 10.4 Å². The van der Waals surface area contributed by atoms with E-state index in [2.05, 4.69) is 36.2 Å². The highest BCUT2D eigenvalue weighted by molar-refractivity contribution is 9.09. The van der Waals surface area contributed by atoms with Gasteiger partial charge in [0.05, 0.1) is 0 Å². The van der Waals surface area contributed by atoms with E-state index in [4.69, 9.17) is 5.53 Å². The molecule has 0 spiro atoms. The minimum Gasteiger partial charge on any atom is -0.140 e. The molecule has 64 valence electrons. The third kappa shape index (κ3) is 1.41. The van der Waals surface area contributed by atoms with Crippen LogP contribution in [-0.4, -0.2) is 0 Å². The molecule has 6 heteroatoms. The molecular weight excluding hydrogens is 234 g/mol. The van der Waals surface area contributed by atoms with E-state index < -0.39 is 4.57 Å². The fourth-order valence-corrected chi connectivity index (χ4v) is 1.44. The molecule has 0 amide bonds. The van der Waals surface area contributed by atoms with Gasteiger partial charge in [-0.3, -0.25) is 0 Å². The molecule has 0 fully saturated rings. The van der Waals surface area contributed by atoms with Crippen LogP contribution >= 0.6 is 15.9 Å². The molecule has 0 bridgehead atoms. The Morgan fingerprint density at radius 2 is 2.08 bits per heavy atom. The monoisotopic (exact) mass is 237 g/mol. The lowest BCUT2D eigenvalue weighted by atomic mass is 10.1. The van der Waals surface area contributed by atoms with Gasteiger partial charge >= 0.3 is 0 Å². The second-order valence-corrected chi connectivity index (χ2v) is 3.60. The summed E-state index contributed by atoms with van der Waals surface area (Å²) in [7, 11) is 0. The zero-order chi connectivity index (χ0) is 9.31. The second-order valence-electron chi connectivity index (χ2n) is 2.49. The smallest absolute Gasteiger partial charge is 0.140 e. The molecule has 0 aliphatic carbocycles. The van der Waals surface area contributed by atoms with Crippen LogP contribution in [-0.2, 0) is 4.57 Å². The third-order valence-electron chi connectivity index (χ3n) is 1.67. The van der Waals surface area contributed by atoms with E-state index in [1.54, 1.807) is 12.1 Å². The van der Waals surface area contributed by atoms with Gasteiger partial charge in [-0.05, 0) is 21.5 Å². The molecule has 1 aromatic rings. The number of halogens is 1. The summed E-state index contributed by atoms with van der Waals surface area (Å²) in [5.74, 6) is 0. The second kappa shape index (κ2) is 2.83. The molecule has 0 saturated carbocycles. The maximum absolute atomic E-state index is 8.31. The molecule has 0 unspecified atom stereocenters. The molecule has 5 nitrogen and oxygen atoms in total. The van der Waals surface area contributed by atoms with Crippen LogP contribution in [0.5, 0.6) is 0 Å². The molecule has 0 radical (unpaired) electrons. The molecule has 0 saturated heterocycles. The Kier molecular flexibility index (Phi) is 1.79. The van der Waals surface area contributed by atoms with Crippen LogP contribution < -0.4 is 0 Å². The first-order valence-electron chi connectivity index (χ1n) is 3.54. The first-order chi connectivity index (χ1) is 6.26. The SMILES string of the molecule is [N-]=[N+]=Nc1ccccc1C1(Br)N=N1. The minimum absolute atomic E-state index is 0.548. The molecule has 0 atom stereocenters. The number of hydrogen-bond acceptors (Lipinski definition) is 3. The molecular formula is C7H4BrN5. The number of alkyl halides is 1. The predicted octanol–water partition coefficient (Wildman–Crippen LogP) is 3.60. The van der Waals surface area contributed by atoms with E-state index in [1.165, 1.54) is 0 Å². The van der Waals surface area contributed by atoms with Gasteiger partial charge in [-0.1, -0.05) is 29.4 Å². The first kappa shape index (κ1) is 8.22. The summed E-state index contributed by atoms with van der Waals surface area (Å²) in [6, 6.07) is 7.19. The van der Waals surface area contributed by atoms with Gasteiger partial charge < -0.3 is 0 Å². The standard InChI is InChI=1S/C7H4BrN5/c8-7(11-12-7)5-3-1-2-4-6(5)10-13-9/h1-4H. The van der Waals surface area contributed by atoms with Crippen molar-refractivity contribution in [3.63, 3.8) is 0 Å². The van der Waals surface area contributed by atoms with Crippen molar-refractivity contribution in [1.82, 2.24) is 0 Å². The van der Waals surface area contributed by atoms with Crippen LogP contribution in [0.3, 0.4) is 0 Å². The van der Waals surface area contributed by atoms with Crippen molar-refractivity contribution >= 4 is 21.6 Å². The molecule has 0 N–H and O–H groups in total. The summed E-state index contributed by atoms with van der Waals surface area (Å²) in [6.45, 7) is 0. The lowest BCUT2D eigenvalue weighted by Gasteiger charge is -2.04. The van der Waals surface area contributed by atoms with Crippen LogP contribution in [0.15, 0.2) is 39.6 Å². The van der Waals surface area contributed by atoms with E-state index in [0.29, 0.717) is 5.69 Å². The van der Waals surface area contributed by atoms with Crippen molar-refractivity contribution in [2.45, 2.75) is 4.57 Å². The Labute approximate surface area is 82.2 Å². The highest BCUT2D eigenvalue weighted by Gasteiger charge is 2.40. The maximum Gasteiger partial charge on any atom is 0.269 e. The van der Waals surface area contributed by atoms with Gasteiger partial charge in [0.15, 0.2) is 0 Å². The van der Waals surface area contributed by atoms with Crippen molar-refractivity contribution < 1.29 is 0 Å². The highest BCUT2D eigenvalue weighted by Crippen LogP contribution is 2.48. The summed E-state index contributed by atoms with van der Waals surface area (Å²) in [4.78, 5) is 2.73. The highest BCUT2D eigenvalue weighted by atomic mass is 79.9. The Balaban J connectivity index is 2.49. The summed E-state index contributed by atoms with van der Waals surface area (Å²) < 4.78 is -0.669. The number of rotatable bonds is 2. The zero-order valence-electron chi connectivity index (χ0n) is 6.42. The largest absolute Gasteiger partial charge is 0.269 e. The Morgan fingerprint density at radius 1 is 1.38 bits per heavy atom. The average molecular weight is 238 g/mol. The van der Waals surface area contributed by atoms with Gasteiger partial charge in [-0.15, -0.1) is 10.2 Å². The van der Waals surface area contributed by atoms with Gasteiger partial charge in [0.1, 0.15) is 0 Å². The summed E-state index contributed by atoms with van der Waals surface area (Å²) >= 11 is 3.30. The fraction of sp³-hybridized carbons (Fsp3) is 0.143. The Bertz CT molecular complexity index is 415. The van der Waals surface area contributed by atoms with E-state index in [9.17, 15) is 0 Å². The van der Waals surface area contributed by atoms with Crippen molar-refractivity contribution in [2.75, 3.05) is 0 Å². The van der Waals surface area contributed by atoms with E-state index in [-0.39, 0.29) is 0 Å². The number of benzene rings is 1. The molecule has 1 aliphatic heterocycles. The summed E-state index contributed by atoms with van der Waals surface area (Å²) in [6.07, 6.45) is 0. The number of hydrogen-bond donors (Lipinski definition) is 0. The van der Waals surface area contributed by atoms with E-state index in [1.807, 2.05) is 12.1 Å². The van der Waals surface area contributed by atoms with E-state index in [0.717, 1.165) is 5.56 Å². The van der Waals surface area contributed by atoms with Gasteiger partial charge in [0.2, 0.25) is 0 Å². The predicted molar refractivity (Wildman–Crippen MR) is 50.7 cm³/mol. The zero-order valence-corrected chi connectivity index (χ0v) is 8.01. The lowest BCUT2D eigenvalue weighted by molar-refractivity contribution is 0.981. The van der Waals surface area contributed by atoms with Crippen LogP contribution in [0.2, 0.25) is 0 Å². The molecule has 1 aliphatic rings. The average Bonchev–Trinajstić information content (AvgIpc) is 2.86. The lowest BCUT2D eigenvalue weighted by Crippen LogP contribution is -1.96. The van der Waals surface area contributed by atoms with E-state index >= 15 is 0 Å². The molecule has 1 heterocycles. The Hall–Kier alpha value is -1.39. The molecule has 1 aromatic carbocycles. The Morgan fingerprint density at radius 3 is 2.69 bits per heavy atom. The normalized spacial score (nSPS) is 16.4. The van der Waals surface area contributed by atoms with Crippen LogP contribution in [0.4, 0.5) is 5.69 Å². The van der Waals surface area contributed by atoms with Gasteiger partial charge in [0.25, 0.3) is 4.57 Å². The first-order valence-corrected chi connectivity index (χ1v) is 4.33. The fourth-order valence-electron chi connectivity index (χ4n) is 1.03. The summed E-state index contributed by atoms with van der Waals surface area (Å²) in [5, 5.41) is 11.2. The van der Waals surface area contributed by atoms with Crippen molar-refractivity contribution in [3.05, 3.63) is 40.3 Å². The molecule has 0 aromatic heterocycles. The maximum atomic E-state index is 8.31. The van der Waals surface area contributed by atoms with Gasteiger partial charge in [-0.2, -0.15) is 0 Å². The van der Waals surface area contributed by atoms with Crippen LogP contribution in [0, 0.1) is 0 Å². The quantitative estimate of drug-likeness (QED) is 0.248. The topological polar surface area (TPSA) is 73.5 Å². The third-order valence-corrected chi connectivity index (χ3v) is 2.42. The van der Waals surface area contributed by atoms with Crippen LogP contribution in [0.1, 0.15) is 5.56 Å². The van der Waals surface area contributed by atoms with Crippen molar-refractivity contribution in [3.8, 4) is 0 Å². The van der Waals surface area contributed by atoms with Crippen molar-refractivity contribution in [1.29, 1.82) is 0 Å². The van der Waals surface area contributed by atoms with Crippen molar-refractivity contribution in [2.24, 2.45) is 15.3 Å². The number of nitrogens with zero attached hydrogens (tertiary/aromatic N) is 5.